The first-order valence-electron chi connectivity index (χ1n) is 8.64. The van der Waals surface area contributed by atoms with Crippen LogP contribution in [0.2, 0.25) is 0 Å². The lowest BCUT2D eigenvalue weighted by molar-refractivity contribution is 0.0857. The van der Waals surface area contributed by atoms with Crippen molar-refractivity contribution in [2.24, 2.45) is 5.73 Å². The number of benzene rings is 2. The first-order valence-corrected chi connectivity index (χ1v) is 8.64. The van der Waals surface area contributed by atoms with Gasteiger partial charge in [0.05, 0.1) is 11.7 Å². The van der Waals surface area contributed by atoms with E-state index in [1.165, 1.54) is 0 Å². The van der Waals surface area contributed by atoms with Crippen molar-refractivity contribution in [2.75, 3.05) is 13.2 Å². The molecule has 0 spiro atoms. The maximum atomic E-state index is 12.3. The number of nitrogens with one attached hydrogen (secondary N) is 1. The van der Waals surface area contributed by atoms with Crippen molar-refractivity contribution in [3.8, 4) is 5.75 Å². The lowest BCUT2D eigenvalue weighted by Crippen LogP contribution is -2.31. The molecule has 3 rings (SSSR count). The van der Waals surface area contributed by atoms with Crippen molar-refractivity contribution >= 4 is 11.8 Å². The molecule has 3 N–H and O–H groups in total. The van der Waals surface area contributed by atoms with Crippen LogP contribution < -0.4 is 15.8 Å². The number of ether oxygens (including phenoxy) is 2. The Bertz CT molecular complexity index is 785. The van der Waals surface area contributed by atoms with Gasteiger partial charge in [0.25, 0.3) is 11.8 Å². The van der Waals surface area contributed by atoms with E-state index in [1.807, 2.05) is 6.07 Å². The van der Waals surface area contributed by atoms with Crippen molar-refractivity contribution in [2.45, 2.75) is 25.6 Å². The van der Waals surface area contributed by atoms with Gasteiger partial charge in [-0.1, -0.05) is 24.3 Å². The third-order valence-corrected chi connectivity index (χ3v) is 4.25. The summed E-state index contributed by atoms with van der Waals surface area (Å²) < 4.78 is 11.2. The van der Waals surface area contributed by atoms with Crippen molar-refractivity contribution in [1.82, 2.24) is 5.32 Å². The van der Waals surface area contributed by atoms with E-state index in [0.29, 0.717) is 23.4 Å². The second-order valence-electron chi connectivity index (χ2n) is 6.19. The lowest BCUT2D eigenvalue weighted by atomic mass is 10.1. The van der Waals surface area contributed by atoms with Crippen LogP contribution in [0.1, 0.15) is 39.1 Å². The molecule has 0 bridgehead atoms. The largest absolute Gasteiger partial charge is 0.488 e. The highest BCUT2D eigenvalue weighted by molar-refractivity contribution is 5.95. The zero-order valence-electron chi connectivity index (χ0n) is 14.4. The van der Waals surface area contributed by atoms with Gasteiger partial charge in [-0.15, -0.1) is 0 Å². The van der Waals surface area contributed by atoms with E-state index in [-0.39, 0.29) is 18.6 Å². The molecule has 6 nitrogen and oxygen atoms in total. The van der Waals surface area contributed by atoms with Crippen LogP contribution in [0.5, 0.6) is 5.75 Å². The number of para-hydroxylation sites is 1. The van der Waals surface area contributed by atoms with Gasteiger partial charge in [-0.3, -0.25) is 9.59 Å². The zero-order valence-corrected chi connectivity index (χ0v) is 14.4. The third kappa shape index (κ3) is 4.61. The molecule has 2 amide bonds. The molecular weight excluding hydrogens is 332 g/mol. The average molecular weight is 354 g/mol. The smallest absolute Gasteiger partial charge is 0.252 e. The average Bonchev–Trinajstić information content (AvgIpc) is 3.18. The summed E-state index contributed by atoms with van der Waals surface area (Å²) in [6.45, 7) is 1.52. The fraction of sp³-hybridized carbons (Fsp3) is 0.300. The summed E-state index contributed by atoms with van der Waals surface area (Å²) in [6, 6.07) is 14.0. The van der Waals surface area contributed by atoms with E-state index in [4.69, 9.17) is 15.2 Å². The molecule has 0 radical (unpaired) electrons. The maximum absolute atomic E-state index is 12.3. The summed E-state index contributed by atoms with van der Waals surface area (Å²) in [7, 11) is 0. The Morgan fingerprint density at radius 1 is 1.19 bits per heavy atom. The number of carbonyl (C=O) groups excluding carboxylic acids is 2. The van der Waals surface area contributed by atoms with Gasteiger partial charge < -0.3 is 20.5 Å². The Morgan fingerprint density at radius 3 is 2.81 bits per heavy atom. The molecular formula is C20H22N2O4. The standard InChI is InChI=1S/C20H22N2O4/c21-19(23)17-8-1-2-9-18(17)26-13-14-5-3-6-15(11-14)20(24)22-12-16-7-4-10-25-16/h1-3,5-6,8-9,11,16H,4,7,10,12-13H2,(H2,21,23)(H,22,24). The highest BCUT2D eigenvalue weighted by atomic mass is 16.5. The molecule has 1 fully saturated rings. The van der Waals surface area contributed by atoms with Gasteiger partial charge in [0.2, 0.25) is 0 Å². The summed E-state index contributed by atoms with van der Waals surface area (Å²) in [5.74, 6) is -0.254. The molecule has 0 aromatic heterocycles. The predicted molar refractivity (Wildman–Crippen MR) is 97.0 cm³/mol. The van der Waals surface area contributed by atoms with Crippen molar-refractivity contribution in [3.63, 3.8) is 0 Å². The molecule has 1 aliphatic rings. The number of nitrogens with two attached hydrogens (primary N) is 1. The van der Waals surface area contributed by atoms with Crippen LogP contribution in [-0.2, 0) is 11.3 Å². The van der Waals surface area contributed by atoms with Gasteiger partial charge in [0, 0.05) is 18.7 Å². The second kappa shape index (κ2) is 8.49. The maximum Gasteiger partial charge on any atom is 0.252 e. The molecule has 136 valence electrons. The van der Waals surface area contributed by atoms with Crippen LogP contribution in [0, 0.1) is 0 Å². The summed E-state index contributed by atoms with van der Waals surface area (Å²) in [5.41, 5.74) is 7.07. The molecule has 2 aromatic carbocycles. The lowest BCUT2D eigenvalue weighted by Gasteiger charge is -2.12. The minimum atomic E-state index is -0.539. The van der Waals surface area contributed by atoms with Crippen molar-refractivity contribution in [3.05, 3.63) is 65.2 Å². The molecule has 0 aliphatic carbocycles. The number of carbonyl (C=O) groups is 2. The molecule has 2 aromatic rings. The second-order valence-corrected chi connectivity index (χ2v) is 6.19. The zero-order chi connectivity index (χ0) is 18.4. The number of amides is 2. The monoisotopic (exact) mass is 354 g/mol. The van der Waals surface area contributed by atoms with Gasteiger partial charge in [-0.05, 0) is 42.7 Å². The summed E-state index contributed by atoms with van der Waals surface area (Å²) >= 11 is 0. The highest BCUT2D eigenvalue weighted by Crippen LogP contribution is 2.19. The number of rotatable bonds is 7. The SMILES string of the molecule is NC(=O)c1ccccc1OCc1cccc(C(=O)NCC2CCCO2)c1. The predicted octanol–water partition coefficient (Wildman–Crippen LogP) is 2.27. The molecule has 1 saturated heterocycles. The fourth-order valence-corrected chi connectivity index (χ4v) is 2.87. The minimum Gasteiger partial charge on any atom is -0.488 e. The molecule has 26 heavy (non-hydrogen) atoms. The highest BCUT2D eigenvalue weighted by Gasteiger charge is 2.17. The minimum absolute atomic E-state index is 0.107. The molecule has 1 unspecified atom stereocenters. The molecule has 1 heterocycles. The normalized spacial score (nSPS) is 16.2. The summed E-state index contributed by atoms with van der Waals surface area (Å²) in [5, 5.41) is 2.90. The Hall–Kier alpha value is -2.86. The Labute approximate surface area is 152 Å². The third-order valence-electron chi connectivity index (χ3n) is 4.25. The fourth-order valence-electron chi connectivity index (χ4n) is 2.87. The van der Waals surface area contributed by atoms with E-state index < -0.39 is 5.91 Å². The molecule has 0 saturated carbocycles. The Balaban J connectivity index is 1.60. The number of primary amides is 1. The molecule has 6 heteroatoms. The van der Waals surface area contributed by atoms with E-state index >= 15 is 0 Å². The van der Waals surface area contributed by atoms with Gasteiger partial charge in [-0.2, -0.15) is 0 Å². The van der Waals surface area contributed by atoms with Crippen LogP contribution in [0.25, 0.3) is 0 Å². The van der Waals surface area contributed by atoms with Gasteiger partial charge >= 0.3 is 0 Å². The van der Waals surface area contributed by atoms with Crippen molar-refractivity contribution < 1.29 is 19.1 Å². The topological polar surface area (TPSA) is 90.7 Å². The van der Waals surface area contributed by atoms with E-state index in [0.717, 1.165) is 25.0 Å². The van der Waals surface area contributed by atoms with E-state index in [9.17, 15) is 9.59 Å². The van der Waals surface area contributed by atoms with Gasteiger partial charge in [-0.25, -0.2) is 0 Å². The van der Waals surface area contributed by atoms with Crippen LogP contribution in [-0.4, -0.2) is 31.1 Å². The molecule has 1 atom stereocenters. The number of hydrogen-bond acceptors (Lipinski definition) is 4. The quantitative estimate of drug-likeness (QED) is 0.798. The summed E-state index contributed by atoms with van der Waals surface area (Å²) in [4.78, 5) is 23.7. The van der Waals surface area contributed by atoms with Crippen LogP contribution in [0.15, 0.2) is 48.5 Å². The number of hydrogen-bond donors (Lipinski definition) is 2. The van der Waals surface area contributed by atoms with Crippen molar-refractivity contribution in [1.29, 1.82) is 0 Å². The van der Waals surface area contributed by atoms with E-state index in [2.05, 4.69) is 5.32 Å². The van der Waals surface area contributed by atoms with Gasteiger partial charge in [0.1, 0.15) is 12.4 Å². The molecule has 1 aliphatic heterocycles. The van der Waals surface area contributed by atoms with E-state index in [1.54, 1.807) is 42.5 Å². The van der Waals surface area contributed by atoms with Crippen LogP contribution >= 0.6 is 0 Å². The van der Waals surface area contributed by atoms with Crippen LogP contribution in [0.4, 0.5) is 0 Å². The Morgan fingerprint density at radius 2 is 2.04 bits per heavy atom. The van der Waals surface area contributed by atoms with Gasteiger partial charge in [0.15, 0.2) is 0 Å². The first kappa shape index (κ1) is 17.9. The van der Waals surface area contributed by atoms with Crippen LogP contribution in [0.3, 0.4) is 0 Å². The summed E-state index contributed by atoms with van der Waals surface area (Å²) in [6.07, 6.45) is 2.13. The first-order chi connectivity index (χ1) is 12.6. The Kier molecular flexibility index (Phi) is 5.86.